The number of nitrogens with two attached hydrogens (primary N) is 1. The second kappa shape index (κ2) is 4.09. The molecule has 0 aliphatic carbocycles. The van der Waals surface area contributed by atoms with Crippen LogP contribution in [0.15, 0.2) is 18.5 Å². The molecule has 0 amide bonds. The topological polar surface area (TPSA) is 59.1 Å². The van der Waals surface area contributed by atoms with Gasteiger partial charge in [0.05, 0.1) is 6.20 Å². The zero-order chi connectivity index (χ0) is 6.69. The molecule has 0 bridgehead atoms. The molecule has 1 rings (SSSR count). The molecule has 0 atom stereocenters. The van der Waals surface area contributed by atoms with Crippen LogP contribution in [0.25, 0.3) is 0 Å². The smallest absolute Gasteiger partial charge is 0.134 e. The van der Waals surface area contributed by atoms with E-state index in [1.807, 2.05) is 0 Å². The Morgan fingerprint density at radius 3 is 2.60 bits per heavy atom. The Hall–Kier alpha value is -0.800. The summed E-state index contributed by atoms with van der Waals surface area (Å²) in [4.78, 5) is 3.73. The molecule has 0 aliphatic heterocycles. The third-order valence-corrected chi connectivity index (χ3v) is 1.02. The van der Waals surface area contributed by atoms with Gasteiger partial charge in [-0.25, -0.2) is 0 Å². The number of pyridine rings is 1. The van der Waals surface area contributed by atoms with Crippen LogP contribution in [0, 0.1) is 0 Å². The predicted octanol–water partition coefficient (Wildman–Crippen LogP) is 0.668. The minimum Gasteiger partial charge on any atom is -0.506 e. The number of halogens is 1. The van der Waals surface area contributed by atoms with Crippen molar-refractivity contribution in [3.05, 3.63) is 24.0 Å². The van der Waals surface area contributed by atoms with Crippen molar-refractivity contribution in [3.63, 3.8) is 0 Å². The molecule has 4 heteroatoms. The van der Waals surface area contributed by atoms with Crippen LogP contribution in [0.5, 0.6) is 5.75 Å². The molecule has 3 N–H and O–H groups in total. The SMILES string of the molecule is Cl.NCc1cncc(O)c1. The van der Waals surface area contributed by atoms with Crippen molar-refractivity contribution in [3.8, 4) is 5.75 Å². The highest BCUT2D eigenvalue weighted by Crippen LogP contribution is 2.06. The molecular weight excluding hydrogens is 152 g/mol. The first-order chi connectivity index (χ1) is 4.33. The fraction of sp³-hybridized carbons (Fsp3) is 0.167. The monoisotopic (exact) mass is 160 g/mol. The van der Waals surface area contributed by atoms with Gasteiger partial charge >= 0.3 is 0 Å². The molecular formula is C6H9ClN2O. The molecule has 3 nitrogen and oxygen atoms in total. The fourth-order valence-corrected chi connectivity index (χ4v) is 0.585. The third-order valence-electron chi connectivity index (χ3n) is 1.02. The zero-order valence-corrected chi connectivity index (χ0v) is 6.14. The van der Waals surface area contributed by atoms with E-state index in [-0.39, 0.29) is 18.2 Å². The number of nitrogens with zero attached hydrogens (tertiary/aromatic N) is 1. The molecule has 0 radical (unpaired) electrons. The average molecular weight is 161 g/mol. The van der Waals surface area contributed by atoms with Gasteiger partial charge < -0.3 is 10.8 Å². The summed E-state index contributed by atoms with van der Waals surface area (Å²) in [6, 6.07) is 1.59. The van der Waals surface area contributed by atoms with Crippen molar-refractivity contribution in [2.75, 3.05) is 0 Å². The number of aromatic hydroxyl groups is 1. The Morgan fingerprint density at radius 2 is 2.20 bits per heavy atom. The maximum absolute atomic E-state index is 8.83. The fourth-order valence-electron chi connectivity index (χ4n) is 0.585. The van der Waals surface area contributed by atoms with E-state index in [0.717, 1.165) is 5.56 Å². The van der Waals surface area contributed by atoms with Gasteiger partial charge in [-0.1, -0.05) is 0 Å². The van der Waals surface area contributed by atoms with E-state index in [2.05, 4.69) is 4.98 Å². The largest absolute Gasteiger partial charge is 0.506 e. The standard InChI is InChI=1S/C6H8N2O.ClH/c7-2-5-1-6(9)4-8-3-5;/h1,3-4,9H,2,7H2;1H. The quantitative estimate of drug-likeness (QED) is 0.635. The van der Waals surface area contributed by atoms with Crippen molar-refractivity contribution in [1.82, 2.24) is 4.98 Å². The number of aromatic nitrogens is 1. The summed E-state index contributed by atoms with van der Waals surface area (Å²) in [6.45, 7) is 0.418. The van der Waals surface area contributed by atoms with Gasteiger partial charge in [-0.2, -0.15) is 0 Å². The molecule has 1 heterocycles. The van der Waals surface area contributed by atoms with Crippen molar-refractivity contribution < 1.29 is 5.11 Å². The van der Waals surface area contributed by atoms with Gasteiger partial charge in [0.1, 0.15) is 5.75 Å². The molecule has 0 spiro atoms. The Bertz CT molecular complexity index is 205. The predicted molar refractivity (Wildman–Crippen MR) is 41.0 cm³/mol. The van der Waals surface area contributed by atoms with Crippen molar-refractivity contribution in [1.29, 1.82) is 0 Å². The Morgan fingerprint density at radius 1 is 1.50 bits per heavy atom. The minimum atomic E-state index is 0. The van der Waals surface area contributed by atoms with E-state index in [4.69, 9.17) is 10.8 Å². The summed E-state index contributed by atoms with van der Waals surface area (Å²) in [5, 5.41) is 8.83. The van der Waals surface area contributed by atoms with Gasteiger partial charge in [0.2, 0.25) is 0 Å². The lowest BCUT2D eigenvalue weighted by Gasteiger charge is -1.93. The second-order valence-electron chi connectivity index (χ2n) is 1.76. The average Bonchev–Trinajstić information content (AvgIpc) is 1.88. The van der Waals surface area contributed by atoms with Gasteiger partial charge in [0.15, 0.2) is 0 Å². The summed E-state index contributed by atoms with van der Waals surface area (Å²) in [6.07, 6.45) is 3.00. The van der Waals surface area contributed by atoms with Gasteiger partial charge in [-0.3, -0.25) is 4.98 Å². The number of hydrogen-bond acceptors (Lipinski definition) is 3. The lowest BCUT2D eigenvalue weighted by atomic mass is 10.3. The Kier molecular flexibility index (Phi) is 3.76. The number of rotatable bonds is 1. The summed E-state index contributed by atoms with van der Waals surface area (Å²) >= 11 is 0. The molecule has 10 heavy (non-hydrogen) atoms. The summed E-state index contributed by atoms with van der Waals surface area (Å²) in [7, 11) is 0. The van der Waals surface area contributed by atoms with E-state index >= 15 is 0 Å². The molecule has 56 valence electrons. The molecule has 0 aromatic carbocycles. The van der Waals surface area contributed by atoms with Crippen LogP contribution in [0.3, 0.4) is 0 Å². The molecule has 1 aromatic heterocycles. The van der Waals surface area contributed by atoms with E-state index in [1.165, 1.54) is 6.20 Å². The van der Waals surface area contributed by atoms with Gasteiger partial charge in [0, 0.05) is 12.7 Å². The highest BCUT2D eigenvalue weighted by atomic mass is 35.5. The van der Waals surface area contributed by atoms with E-state index in [1.54, 1.807) is 12.3 Å². The lowest BCUT2D eigenvalue weighted by molar-refractivity contribution is 0.472. The van der Waals surface area contributed by atoms with Gasteiger partial charge in [-0.15, -0.1) is 12.4 Å². The first-order valence-electron chi connectivity index (χ1n) is 2.66. The van der Waals surface area contributed by atoms with Crippen LogP contribution < -0.4 is 5.73 Å². The molecule has 0 fully saturated rings. The van der Waals surface area contributed by atoms with Crippen molar-refractivity contribution >= 4 is 12.4 Å². The van der Waals surface area contributed by atoms with Crippen molar-refractivity contribution in [2.45, 2.75) is 6.54 Å². The van der Waals surface area contributed by atoms with Crippen molar-refractivity contribution in [2.24, 2.45) is 5.73 Å². The Labute approximate surface area is 65.3 Å². The van der Waals surface area contributed by atoms with Gasteiger partial charge in [-0.05, 0) is 11.6 Å². The molecule has 0 saturated heterocycles. The highest BCUT2D eigenvalue weighted by molar-refractivity contribution is 5.85. The zero-order valence-electron chi connectivity index (χ0n) is 5.32. The maximum atomic E-state index is 8.83. The maximum Gasteiger partial charge on any atom is 0.134 e. The molecule has 1 aromatic rings. The lowest BCUT2D eigenvalue weighted by Crippen LogP contribution is -1.95. The normalized spacial score (nSPS) is 8.50. The van der Waals surface area contributed by atoms with Crippen LogP contribution in [-0.2, 0) is 6.54 Å². The first kappa shape index (κ1) is 9.20. The van der Waals surface area contributed by atoms with Crippen LogP contribution in [0.1, 0.15) is 5.56 Å². The highest BCUT2D eigenvalue weighted by Gasteiger charge is 1.89. The van der Waals surface area contributed by atoms with Gasteiger partial charge in [0.25, 0.3) is 0 Å². The third kappa shape index (κ3) is 2.21. The van der Waals surface area contributed by atoms with E-state index < -0.39 is 0 Å². The molecule has 0 saturated carbocycles. The summed E-state index contributed by atoms with van der Waals surface area (Å²) in [5.74, 6) is 0.165. The van der Waals surface area contributed by atoms with Crippen LogP contribution in [0.4, 0.5) is 0 Å². The molecule has 0 unspecified atom stereocenters. The summed E-state index contributed by atoms with van der Waals surface area (Å²) in [5.41, 5.74) is 6.11. The molecule has 0 aliphatic rings. The van der Waals surface area contributed by atoms with Crippen LogP contribution >= 0.6 is 12.4 Å². The first-order valence-corrected chi connectivity index (χ1v) is 2.66. The second-order valence-corrected chi connectivity index (χ2v) is 1.76. The van der Waals surface area contributed by atoms with E-state index in [9.17, 15) is 0 Å². The Balaban J connectivity index is 0.000000810. The summed E-state index contributed by atoms with van der Waals surface area (Å²) < 4.78 is 0. The number of hydrogen-bond donors (Lipinski definition) is 2. The van der Waals surface area contributed by atoms with E-state index in [0.29, 0.717) is 6.54 Å². The van der Waals surface area contributed by atoms with Crippen LogP contribution in [0.2, 0.25) is 0 Å². The minimum absolute atomic E-state index is 0. The van der Waals surface area contributed by atoms with Crippen LogP contribution in [-0.4, -0.2) is 10.1 Å².